The van der Waals surface area contributed by atoms with E-state index in [0.29, 0.717) is 6.42 Å². The van der Waals surface area contributed by atoms with Gasteiger partial charge >= 0.3 is 5.97 Å². The summed E-state index contributed by atoms with van der Waals surface area (Å²) in [5, 5.41) is 20.3. The van der Waals surface area contributed by atoms with E-state index in [1.54, 1.807) is 7.11 Å². The molecule has 0 rings (SSSR count). The maximum Gasteiger partial charge on any atom is 0.337 e. The Morgan fingerprint density at radius 2 is 2.06 bits per heavy atom. The number of carbonyl (C=O) groups excluding carboxylic acids is 1. The average Bonchev–Trinajstić information content (AvgIpc) is 2.22. The van der Waals surface area contributed by atoms with Crippen LogP contribution in [0.3, 0.4) is 0 Å². The van der Waals surface area contributed by atoms with Gasteiger partial charge in [-0.3, -0.25) is 4.79 Å². The van der Waals surface area contributed by atoms with E-state index in [0.717, 1.165) is 6.92 Å². The molecule has 16 heavy (non-hydrogen) atoms. The number of aliphatic carboxylic acids is 1. The molecular formula is C10H19NO5. The van der Waals surface area contributed by atoms with Gasteiger partial charge in [-0.25, -0.2) is 4.79 Å². The van der Waals surface area contributed by atoms with Crippen molar-refractivity contribution in [1.29, 1.82) is 0 Å². The third-order valence-corrected chi connectivity index (χ3v) is 2.27. The predicted octanol–water partition coefficient (Wildman–Crippen LogP) is -0.247. The number of hydrogen-bond acceptors (Lipinski definition) is 4. The molecule has 3 N–H and O–H groups in total. The highest BCUT2D eigenvalue weighted by Crippen LogP contribution is 2.03. The van der Waals surface area contributed by atoms with Crippen molar-refractivity contribution in [2.45, 2.75) is 38.4 Å². The molecule has 0 bridgehead atoms. The Morgan fingerprint density at radius 1 is 1.50 bits per heavy atom. The summed E-state index contributed by atoms with van der Waals surface area (Å²) in [7, 11) is 1.55. The summed E-state index contributed by atoms with van der Waals surface area (Å²) in [6, 6.07) is 0. The van der Waals surface area contributed by atoms with Crippen LogP contribution in [0.4, 0.5) is 0 Å². The Morgan fingerprint density at radius 3 is 2.50 bits per heavy atom. The Bertz CT molecular complexity index is 252. The van der Waals surface area contributed by atoms with E-state index in [1.807, 2.05) is 6.92 Å². The van der Waals surface area contributed by atoms with Gasteiger partial charge in [0.2, 0.25) is 5.91 Å². The Balaban J connectivity index is 3.86. The van der Waals surface area contributed by atoms with Crippen molar-refractivity contribution < 1.29 is 24.5 Å². The van der Waals surface area contributed by atoms with Crippen LogP contribution in [0.2, 0.25) is 0 Å². The van der Waals surface area contributed by atoms with Crippen molar-refractivity contribution in [3.8, 4) is 0 Å². The zero-order valence-electron chi connectivity index (χ0n) is 9.82. The summed E-state index contributed by atoms with van der Waals surface area (Å²) in [4.78, 5) is 21.8. The van der Waals surface area contributed by atoms with Crippen LogP contribution in [0.15, 0.2) is 0 Å². The van der Waals surface area contributed by atoms with Crippen LogP contribution < -0.4 is 5.32 Å². The predicted molar refractivity (Wildman–Crippen MR) is 57.0 cm³/mol. The van der Waals surface area contributed by atoms with Crippen molar-refractivity contribution in [2.75, 3.05) is 13.7 Å². The topological polar surface area (TPSA) is 95.9 Å². The number of ether oxygens (including phenoxy) is 1. The number of methoxy groups -OCH3 is 1. The minimum Gasteiger partial charge on any atom is -0.479 e. The molecule has 0 radical (unpaired) electrons. The number of carbonyl (C=O) groups is 2. The average molecular weight is 233 g/mol. The molecule has 2 unspecified atom stereocenters. The van der Waals surface area contributed by atoms with Gasteiger partial charge < -0.3 is 20.3 Å². The standard InChI is InChI=1S/C10H19NO5/c1-7(16-3)4-5-8(12)11-6-10(2,15)9(13)14/h7,15H,4-6H2,1-3H3,(H,11,12)(H,13,14). The second-order valence-corrected chi connectivity index (χ2v) is 3.94. The first kappa shape index (κ1) is 14.9. The number of carboxylic acids is 1. The maximum atomic E-state index is 11.3. The lowest BCUT2D eigenvalue weighted by Crippen LogP contribution is -2.46. The second kappa shape index (κ2) is 6.44. The highest BCUT2D eigenvalue weighted by molar-refractivity contribution is 5.80. The molecule has 0 aromatic heterocycles. The Labute approximate surface area is 94.6 Å². The number of aliphatic hydroxyl groups is 1. The van der Waals surface area contributed by atoms with E-state index in [-0.39, 0.29) is 25.0 Å². The molecular weight excluding hydrogens is 214 g/mol. The van der Waals surface area contributed by atoms with Crippen molar-refractivity contribution in [1.82, 2.24) is 5.32 Å². The fraction of sp³-hybridized carbons (Fsp3) is 0.800. The van der Waals surface area contributed by atoms with Gasteiger partial charge in [0.1, 0.15) is 0 Å². The van der Waals surface area contributed by atoms with Crippen molar-refractivity contribution in [3.05, 3.63) is 0 Å². The lowest BCUT2D eigenvalue weighted by Gasteiger charge is -2.18. The molecule has 0 heterocycles. The lowest BCUT2D eigenvalue weighted by atomic mass is 10.1. The Kier molecular flexibility index (Phi) is 5.98. The molecule has 6 heteroatoms. The van der Waals surface area contributed by atoms with Crippen LogP contribution in [0.5, 0.6) is 0 Å². The largest absolute Gasteiger partial charge is 0.479 e. The van der Waals surface area contributed by atoms with E-state index >= 15 is 0 Å². The molecule has 0 aromatic carbocycles. The molecule has 0 aliphatic rings. The molecule has 6 nitrogen and oxygen atoms in total. The highest BCUT2D eigenvalue weighted by atomic mass is 16.5. The molecule has 2 atom stereocenters. The highest BCUT2D eigenvalue weighted by Gasteiger charge is 2.30. The third-order valence-electron chi connectivity index (χ3n) is 2.27. The molecule has 0 saturated carbocycles. The first-order chi connectivity index (χ1) is 7.29. The van der Waals surface area contributed by atoms with Crippen LogP contribution in [0.1, 0.15) is 26.7 Å². The minimum atomic E-state index is -1.93. The van der Waals surface area contributed by atoms with E-state index < -0.39 is 11.6 Å². The monoisotopic (exact) mass is 233 g/mol. The van der Waals surface area contributed by atoms with Crippen LogP contribution >= 0.6 is 0 Å². The summed E-state index contributed by atoms with van der Waals surface area (Å²) in [6.07, 6.45) is 0.771. The van der Waals surface area contributed by atoms with Gasteiger partial charge in [-0.15, -0.1) is 0 Å². The molecule has 0 aliphatic heterocycles. The van der Waals surface area contributed by atoms with Crippen molar-refractivity contribution >= 4 is 11.9 Å². The molecule has 0 saturated heterocycles. The van der Waals surface area contributed by atoms with Gasteiger partial charge in [0.15, 0.2) is 5.60 Å². The van der Waals surface area contributed by atoms with Gasteiger partial charge in [-0.2, -0.15) is 0 Å². The number of rotatable bonds is 7. The molecule has 94 valence electrons. The van der Waals surface area contributed by atoms with Crippen LogP contribution in [0, 0.1) is 0 Å². The van der Waals surface area contributed by atoms with Crippen LogP contribution in [-0.2, 0) is 14.3 Å². The zero-order chi connectivity index (χ0) is 12.8. The Hall–Kier alpha value is -1.14. The van der Waals surface area contributed by atoms with E-state index in [2.05, 4.69) is 5.32 Å². The summed E-state index contributed by atoms with van der Waals surface area (Å²) in [5.41, 5.74) is -1.93. The summed E-state index contributed by atoms with van der Waals surface area (Å²) in [6.45, 7) is 2.66. The maximum absolute atomic E-state index is 11.3. The number of amides is 1. The van der Waals surface area contributed by atoms with Crippen LogP contribution in [-0.4, -0.2) is 47.4 Å². The number of carboxylic acid groups (broad SMARTS) is 1. The number of nitrogens with one attached hydrogen (secondary N) is 1. The summed E-state index contributed by atoms with van der Waals surface area (Å²) in [5.74, 6) is -1.66. The van der Waals surface area contributed by atoms with Crippen LogP contribution in [0.25, 0.3) is 0 Å². The first-order valence-electron chi connectivity index (χ1n) is 5.05. The van der Waals surface area contributed by atoms with Gasteiger partial charge in [0.05, 0.1) is 12.6 Å². The fourth-order valence-electron chi connectivity index (χ4n) is 0.887. The van der Waals surface area contributed by atoms with Gasteiger partial charge in [-0.1, -0.05) is 0 Å². The lowest BCUT2D eigenvalue weighted by molar-refractivity contribution is -0.156. The molecule has 0 aliphatic carbocycles. The first-order valence-corrected chi connectivity index (χ1v) is 5.05. The van der Waals surface area contributed by atoms with Gasteiger partial charge in [0, 0.05) is 13.5 Å². The smallest absolute Gasteiger partial charge is 0.337 e. The van der Waals surface area contributed by atoms with Gasteiger partial charge in [-0.05, 0) is 20.3 Å². The number of hydrogen-bond donors (Lipinski definition) is 3. The molecule has 0 aromatic rings. The van der Waals surface area contributed by atoms with Crippen molar-refractivity contribution in [2.24, 2.45) is 0 Å². The summed E-state index contributed by atoms with van der Waals surface area (Å²) < 4.78 is 4.96. The summed E-state index contributed by atoms with van der Waals surface area (Å²) >= 11 is 0. The normalized spacial score (nSPS) is 16.2. The fourth-order valence-corrected chi connectivity index (χ4v) is 0.887. The van der Waals surface area contributed by atoms with Gasteiger partial charge in [0.25, 0.3) is 0 Å². The SMILES string of the molecule is COC(C)CCC(=O)NCC(C)(O)C(=O)O. The van der Waals surface area contributed by atoms with E-state index in [9.17, 15) is 14.7 Å². The third kappa shape index (κ3) is 5.67. The quantitative estimate of drug-likeness (QED) is 0.563. The minimum absolute atomic E-state index is 0.0225. The molecule has 1 amide bonds. The van der Waals surface area contributed by atoms with E-state index in [4.69, 9.17) is 9.84 Å². The zero-order valence-corrected chi connectivity index (χ0v) is 9.82. The van der Waals surface area contributed by atoms with E-state index in [1.165, 1.54) is 0 Å². The molecule has 0 fully saturated rings. The second-order valence-electron chi connectivity index (χ2n) is 3.94. The molecule has 0 spiro atoms. The van der Waals surface area contributed by atoms with Crippen molar-refractivity contribution in [3.63, 3.8) is 0 Å².